The minimum absolute atomic E-state index is 0.177. The number of benzene rings is 3. The molecule has 0 spiro atoms. The lowest BCUT2D eigenvalue weighted by Crippen LogP contribution is -2.43. The molecule has 3 aromatic carbocycles. The second-order valence-electron chi connectivity index (χ2n) is 11.3. The molecule has 242 valence electrons. The number of rotatable bonds is 14. The molecule has 0 aliphatic carbocycles. The highest BCUT2D eigenvalue weighted by atomic mass is 32.1. The van der Waals surface area contributed by atoms with Gasteiger partial charge in [-0.05, 0) is 83.8 Å². The Kier molecular flexibility index (Phi) is 10.5. The van der Waals surface area contributed by atoms with E-state index < -0.39 is 48.6 Å². The maximum Gasteiger partial charge on any atom is 0.337 e. The van der Waals surface area contributed by atoms with E-state index in [0.717, 1.165) is 26.7 Å². The monoisotopic (exact) mass is 654 g/mol. The highest BCUT2D eigenvalue weighted by molar-refractivity contribution is 7.17. The molecule has 2 unspecified atom stereocenters. The van der Waals surface area contributed by atoms with Crippen LogP contribution in [0.5, 0.6) is 0 Å². The highest BCUT2D eigenvalue weighted by Gasteiger charge is 2.32. The van der Waals surface area contributed by atoms with E-state index in [1.165, 1.54) is 7.11 Å². The second kappa shape index (κ2) is 14.9. The largest absolute Gasteiger partial charge is 0.481 e. The van der Waals surface area contributed by atoms with Crippen molar-refractivity contribution < 1.29 is 38.5 Å². The van der Waals surface area contributed by atoms with Crippen molar-refractivity contribution in [2.45, 2.75) is 44.7 Å². The number of para-hydroxylation sites is 2. The number of carbonyl (C=O) groups is 4. The maximum absolute atomic E-state index is 14.0. The normalized spacial score (nSPS) is 13.4. The number of allylic oxidation sites excluding steroid dienone is 1. The van der Waals surface area contributed by atoms with Crippen molar-refractivity contribution in [1.82, 2.24) is 9.88 Å². The van der Waals surface area contributed by atoms with Crippen molar-refractivity contribution in [3.63, 3.8) is 0 Å². The molecule has 0 saturated heterocycles. The van der Waals surface area contributed by atoms with Crippen LogP contribution in [0.3, 0.4) is 0 Å². The Bertz CT molecular complexity index is 1890. The summed E-state index contributed by atoms with van der Waals surface area (Å²) in [6.07, 6.45) is 2.97. The zero-order valence-electron chi connectivity index (χ0n) is 25.9. The first-order chi connectivity index (χ1) is 22.6. The van der Waals surface area contributed by atoms with Gasteiger partial charge in [0.05, 0.1) is 25.0 Å². The molecule has 1 amide bonds. The van der Waals surface area contributed by atoms with Crippen LogP contribution in [0.25, 0.3) is 27.3 Å². The molecule has 0 bridgehead atoms. The van der Waals surface area contributed by atoms with Crippen LogP contribution in [0.2, 0.25) is 0 Å². The Morgan fingerprint density at radius 2 is 1.77 bits per heavy atom. The van der Waals surface area contributed by atoms with Gasteiger partial charge in [0.25, 0.3) is 0 Å². The molecule has 0 saturated carbocycles. The summed E-state index contributed by atoms with van der Waals surface area (Å²) < 4.78 is 11.8. The Balaban J connectivity index is 1.50. The van der Waals surface area contributed by atoms with Crippen LogP contribution in [0.1, 0.15) is 59.5 Å². The molecule has 3 atom stereocenters. The first-order valence-corrected chi connectivity index (χ1v) is 15.9. The summed E-state index contributed by atoms with van der Waals surface area (Å²) in [5, 5.41) is 22.1. The number of methoxy groups -OCH3 is 1. The van der Waals surface area contributed by atoms with Crippen LogP contribution in [0.15, 0.2) is 88.7 Å². The standard InChI is InChI=1S/C36H34N2O8S/c1-22(38(33(39)19-27(35(42)43)20-34(40)41)21-23-10-15-31-26(18-23)16-17-47-31)28(24-11-13-25(14-12-24)36(44)45-2)6-5-9-32-37-29-7-3-4-8-30(29)46-32/h3-5,7-18,22,27-28H,6,19-21H2,1-2H3,(H,40,41)(H,42,43)/b9-5+/t22?,27-,28?/m1/s1. The number of esters is 1. The van der Waals surface area contributed by atoms with Crippen molar-refractivity contribution >= 4 is 62.4 Å². The quantitative estimate of drug-likeness (QED) is 0.121. The summed E-state index contributed by atoms with van der Waals surface area (Å²) in [5.74, 6) is -4.87. The van der Waals surface area contributed by atoms with Crippen molar-refractivity contribution in [3.8, 4) is 0 Å². The van der Waals surface area contributed by atoms with Gasteiger partial charge in [0, 0.05) is 29.6 Å². The number of aliphatic carboxylic acids is 2. The molecule has 0 radical (unpaired) electrons. The van der Waals surface area contributed by atoms with E-state index in [4.69, 9.17) is 9.15 Å². The molecule has 5 aromatic rings. The zero-order valence-corrected chi connectivity index (χ0v) is 26.7. The number of amides is 1. The summed E-state index contributed by atoms with van der Waals surface area (Å²) in [6.45, 7) is 2.07. The summed E-state index contributed by atoms with van der Waals surface area (Å²) in [7, 11) is 1.31. The molecule has 2 heterocycles. The highest BCUT2D eigenvalue weighted by Crippen LogP contribution is 2.32. The molecule has 0 aliphatic rings. The fraction of sp³-hybridized carbons (Fsp3) is 0.250. The first kappa shape index (κ1) is 33.1. The molecule has 10 nitrogen and oxygen atoms in total. The van der Waals surface area contributed by atoms with Crippen molar-refractivity contribution in [3.05, 3.63) is 107 Å². The van der Waals surface area contributed by atoms with E-state index in [0.29, 0.717) is 23.5 Å². The lowest BCUT2D eigenvalue weighted by Gasteiger charge is -2.36. The molecule has 47 heavy (non-hydrogen) atoms. The van der Waals surface area contributed by atoms with E-state index in [1.54, 1.807) is 34.4 Å². The summed E-state index contributed by atoms with van der Waals surface area (Å²) in [6, 6.07) is 21.8. The van der Waals surface area contributed by atoms with Crippen LogP contribution >= 0.6 is 11.3 Å². The van der Waals surface area contributed by atoms with Crippen LogP contribution in [-0.2, 0) is 25.7 Å². The van der Waals surface area contributed by atoms with Gasteiger partial charge in [0.2, 0.25) is 11.8 Å². The SMILES string of the molecule is COC(=O)c1ccc(C(C/C=C/c2nc3ccccc3o2)C(C)N(Cc2ccc3sccc3c2)C(=O)C[C@H](CC(=O)O)C(=O)O)cc1. The number of aromatic nitrogens is 1. The number of carbonyl (C=O) groups excluding carboxylic acids is 2. The smallest absolute Gasteiger partial charge is 0.337 e. The molecule has 2 N–H and O–H groups in total. The molecule has 11 heteroatoms. The molecule has 5 rings (SSSR count). The summed E-state index contributed by atoms with van der Waals surface area (Å²) >= 11 is 1.61. The number of carboxylic acid groups (broad SMARTS) is 2. The van der Waals surface area contributed by atoms with E-state index >= 15 is 0 Å². The van der Waals surface area contributed by atoms with E-state index in [2.05, 4.69) is 4.98 Å². The van der Waals surface area contributed by atoms with Gasteiger partial charge in [-0.15, -0.1) is 11.3 Å². The predicted octanol–water partition coefficient (Wildman–Crippen LogP) is 7.00. The van der Waals surface area contributed by atoms with E-state index in [-0.39, 0.29) is 12.5 Å². The van der Waals surface area contributed by atoms with Crippen molar-refractivity contribution in [1.29, 1.82) is 0 Å². The first-order valence-electron chi connectivity index (χ1n) is 15.0. The number of thiophene rings is 1. The van der Waals surface area contributed by atoms with E-state index in [9.17, 15) is 29.4 Å². The Hall–Kier alpha value is -5.29. The van der Waals surface area contributed by atoms with Gasteiger partial charge >= 0.3 is 17.9 Å². The molecule has 0 aliphatic heterocycles. The second-order valence-corrected chi connectivity index (χ2v) is 12.2. The average molecular weight is 655 g/mol. The van der Waals surface area contributed by atoms with Crippen LogP contribution < -0.4 is 0 Å². The van der Waals surface area contributed by atoms with Crippen LogP contribution in [-0.4, -0.2) is 57.1 Å². The molecular formula is C36H34N2O8S. The lowest BCUT2D eigenvalue weighted by molar-refractivity contribution is -0.151. The van der Waals surface area contributed by atoms with Crippen LogP contribution in [0, 0.1) is 5.92 Å². The molecule has 0 fully saturated rings. The predicted molar refractivity (Wildman–Crippen MR) is 178 cm³/mol. The van der Waals surface area contributed by atoms with Gasteiger partial charge in [-0.1, -0.05) is 36.4 Å². The van der Waals surface area contributed by atoms with Gasteiger partial charge in [-0.3, -0.25) is 14.4 Å². The van der Waals surface area contributed by atoms with Gasteiger partial charge in [-0.25, -0.2) is 9.78 Å². The van der Waals surface area contributed by atoms with Gasteiger partial charge in [0.15, 0.2) is 5.58 Å². The van der Waals surface area contributed by atoms with Gasteiger partial charge in [0.1, 0.15) is 5.52 Å². The number of carboxylic acids is 2. The Morgan fingerprint density at radius 1 is 1.00 bits per heavy atom. The van der Waals surface area contributed by atoms with Crippen LogP contribution in [0.4, 0.5) is 0 Å². The minimum Gasteiger partial charge on any atom is -0.481 e. The maximum atomic E-state index is 14.0. The third-order valence-electron chi connectivity index (χ3n) is 8.18. The third kappa shape index (κ3) is 8.11. The van der Waals surface area contributed by atoms with Crippen molar-refractivity contribution in [2.24, 2.45) is 5.92 Å². The van der Waals surface area contributed by atoms with Crippen molar-refractivity contribution in [2.75, 3.05) is 7.11 Å². The Morgan fingerprint density at radius 3 is 2.47 bits per heavy atom. The average Bonchev–Trinajstić information content (AvgIpc) is 3.71. The molecular weight excluding hydrogens is 620 g/mol. The fourth-order valence-electron chi connectivity index (χ4n) is 5.65. The van der Waals surface area contributed by atoms with Gasteiger partial charge in [-0.2, -0.15) is 0 Å². The summed E-state index contributed by atoms with van der Waals surface area (Å²) in [5.41, 5.74) is 3.44. The zero-order chi connectivity index (χ0) is 33.5. The fourth-order valence-corrected chi connectivity index (χ4v) is 6.42. The lowest BCUT2D eigenvalue weighted by atomic mass is 9.87. The molecule has 2 aromatic heterocycles. The number of ether oxygens (including phenoxy) is 1. The Labute approximate surface area is 274 Å². The topological polar surface area (TPSA) is 147 Å². The number of hydrogen-bond donors (Lipinski definition) is 2. The summed E-state index contributed by atoms with van der Waals surface area (Å²) in [4.78, 5) is 55.6. The number of oxazole rings is 1. The number of fused-ring (bicyclic) bond motifs is 2. The minimum atomic E-state index is -1.38. The van der Waals surface area contributed by atoms with E-state index in [1.807, 2.05) is 79.0 Å². The van der Waals surface area contributed by atoms with Gasteiger partial charge < -0.3 is 24.3 Å². The number of hydrogen-bond acceptors (Lipinski definition) is 8. The third-order valence-corrected chi connectivity index (χ3v) is 9.07. The number of nitrogens with zero attached hydrogens (tertiary/aromatic N) is 2.